The van der Waals surface area contributed by atoms with Crippen LogP contribution in [0.2, 0.25) is 0 Å². The second-order valence-electron chi connectivity index (χ2n) is 7.37. The molecule has 0 radical (unpaired) electrons. The molecule has 3 rings (SSSR count). The molecule has 2 amide bonds. The Bertz CT molecular complexity index is 568. The van der Waals surface area contributed by atoms with Gasteiger partial charge in [-0.3, -0.25) is 9.59 Å². The van der Waals surface area contributed by atoms with Gasteiger partial charge in [0.25, 0.3) is 0 Å². The molecule has 0 spiro atoms. The molecule has 1 saturated heterocycles. The summed E-state index contributed by atoms with van der Waals surface area (Å²) in [5, 5.41) is 0. The van der Waals surface area contributed by atoms with Crippen molar-refractivity contribution in [1.82, 2.24) is 4.90 Å². The van der Waals surface area contributed by atoms with Crippen LogP contribution in [0.1, 0.15) is 60.9 Å². The van der Waals surface area contributed by atoms with E-state index in [1.807, 2.05) is 12.1 Å². The largest absolute Gasteiger partial charge is 0.366 e. The molecule has 1 aromatic carbocycles. The molecule has 130 valence electrons. The van der Waals surface area contributed by atoms with Gasteiger partial charge in [-0.15, -0.1) is 0 Å². The van der Waals surface area contributed by atoms with Crippen LogP contribution in [0.15, 0.2) is 24.3 Å². The highest BCUT2D eigenvalue weighted by atomic mass is 16.2. The number of primary amides is 1. The van der Waals surface area contributed by atoms with Gasteiger partial charge in [0.05, 0.1) is 0 Å². The van der Waals surface area contributed by atoms with Gasteiger partial charge in [-0.25, -0.2) is 0 Å². The van der Waals surface area contributed by atoms with Crippen LogP contribution >= 0.6 is 0 Å². The second kappa shape index (κ2) is 7.82. The van der Waals surface area contributed by atoms with Gasteiger partial charge in [-0.05, 0) is 55.7 Å². The number of hydrogen-bond acceptors (Lipinski definition) is 2. The normalized spacial score (nSPS) is 20.1. The molecule has 2 N–H and O–H groups in total. The number of likely N-dealkylation sites (tertiary alicyclic amines) is 1. The third-order valence-corrected chi connectivity index (χ3v) is 5.64. The van der Waals surface area contributed by atoms with Crippen molar-refractivity contribution >= 4 is 11.8 Å². The highest BCUT2D eigenvalue weighted by molar-refractivity contribution is 5.92. The van der Waals surface area contributed by atoms with Crippen molar-refractivity contribution in [2.24, 2.45) is 17.6 Å². The molecule has 0 aromatic heterocycles. The van der Waals surface area contributed by atoms with Gasteiger partial charge in [0.15, 0.2) is 0 Å². The van der Waals surface area contributed by atoms with Crippen molar-refractivity contribution in [2.45, 2.75) is 51.4 Å². The highest BCUT2D eigenvalue weighted by Crippen LogP contribution is 2.28. The van der Waals surface area contributed by atoms with E-state index < -0.39 is 0 Å². The molecule has 1 saturated carbocycles. The second-order valence-corrected chi connectivity index (χ2v) is 7.37. The lowest BCUT2D eigenvalue weighted by molar-refractivity contribution is -0.138. The predicted molar refractivity (Wildman–Crippen MR) is 94.5 cm³/mol. The Morgan fingerprint density at radius 1 is 0.958 bits per heavy atom. The summed E-state index contributed by atoms with van der Waals surface area (Å²) >= 11 is 0. The molecule has 4 heteroatoms. The Hall–Kier alpha value is -1.84. The molecule has 1 aliphatic heterocycles. The Kier molecular flexibility index (Phi) is 5.54. The molecule has 4 nitrogen and oxygen atoms in total. The summed E-state index contributed by atoms with van der Waals surface area (Å²) in [5.74, 6) is 0.937. The fourth-order valence-corrected chi connectivity index (χ4v) is 4.10. The Morgan fingerprint density at radius 3 is 2.17 bits per heavy atom. The van der Waals surface area contributed by atoms with Crippen LogP contribution in [-0.4, -0.2) is 29.8 Å². The zero-order chi connectivity index (χ0) is 16.9. The van der Waals surface area contributed by atoms with Crippen LogP contribution in [0.3, 0.4) is 0 Å². The number of benzene rings is 1. The zero-order valence-electron chi connectivity index (χ0n) is 14.4. The van der Waals surface area contributed by atoms with Crippen LogP contribution in [0.5, 0.6) is 0 Å². The van der Waals surface area contributed by atoms with Crippen molar-refractivity contribution < 1.29 is 9.59 Å². The molecule has 2 aliphatic rings. The molecule has 24 heavy (non-hydrogen) atoms. The molecule has 1 aromatic rings. The average molecular weight is 328 g/mol. The lowest BCUT2D eigenvalue weighted by atomic mass is 9.86. The fraction of sp³-hybridized carbons (Fsp3) is 0.600. The quantitative estimate of drug-likeness (QED) is 0.923. The van der Waals surface area contributed by atoms with Crippen molar-refractivity contribution in [3.05, 3.63) is 35.4 Å². The van der Waals surface area contributed by atoms with Gasteiger partial charge in [-0.1, -0.05) is 31.4 Å². The number of hydrogen-bond donors (Lipinski definition) is 1. The third-order valence-electron chi connectivity index (χ3n) is 5.64. The van der Waals surface area contributed by atoms with Gasteiger partial charge in [-0.2, -0.15) is 0 Å². The van der Waals surface area contributed by atoms with Crippen LogP contribution in [0.4, 0.5) is 0 Å². The van der Waals surface area contributed by atoms with E-state index in [4.69, 9.17) is 5.73 Å². The number of nitrogens with zero attached hydrogens (tertiary/aromatic N) is 1. The van der Waals surface area contributed by atoms with Crippen molar-refractivity contribution in [1.29, 1.82) is 0 Å². The first kappa shape index (κ1) is 17.0. The topological polar surface area (TPSA) is 63.4 Å². The van der Waals surface area contributed by atoms with E-state index in [2.05, 4.69) is 4.90 Å². The number of nitrogens with two attached hydrogens (primary N) is 1. The fourth-order valence-electron chi connectivity index (χ4n) is 4.10. The molecule has 0 bridgehead atoms. The van der Waals surface area contributed by atoms with Crippen molar-refractivity contribution in [2.75, 3.05) is 13.1 Å². The maximum absolute atomic E-state index is 12.6. The standard InChI is InChI=1S/C20H28N2O2/c21-19(23)17-8-6-15(7-9-17)14-16-10-12-22(13-11-16)20(24)18-4-2-1-3-5-18/h6-9,16,18H,1-5,10-14H2,(H2,21,23). The number of carbonyl (C=O) groups excluding carboxylic acids is 2. The first-order chi connectivity index (χ1) is 11.6. The summed E-state index contributed by atoms with van der Waals surface area (Å²) in [7, 11) is 0. The molecule has 0 atom stereocenters. The highest BCUT2D eigenvalue weighted by Gasteiger charge is 2.29. The lowest BCUT2D eigenvalue weighted by Gasteiger charge is -2.35. The maximum atomic E-state index is 12.6. The molecule has 1 heterocycles. The van der Waals surface area contributed by atoms with E-state index >= 15 is 0 Å². The van der Waals surface area contributed by atoms with Crippen molar-refractivity contribution in [3.8, 4) is 0 Å². The number of carbonyl (C=O) groups is 2. The summed E-state index contributed by atoms with van der Waals surface area (Å²) in [6.07, 6.45) is 9.08. The molecule has 0 unspecified atom stereocenters. The van der Waals surface area contributed by atoms with Crippen molar-refractivity contribution in [3.63, 3.8) is 0 Å². The molecular formula is C20H28N2O2. The average Bonchev–Trinajstić information content (AvgIpc) is 2.63. The van der Waals surface area contributed by atoms with Crippen LogP contribution in [0.25, 0.3) is 0 Å². The minimum absolute atomic E-state index is 0.289. The summed E-state index contributed by atoms with van der Waals surface area (Å²) in [6, 6.07) is 7.61. The van der Waals surface area contributed by atoms with Gasteiger partial charge >= 0.3 is 0 Å². The first-order valence-corrected chi connectivity index (χ1v) is 9.31. The summed E-state index contributed by atoms with van der Waals surface area (Å²) in [4.78, 5) is 25.8. The number of rotatable bonds is 4. The Labute approximate surface area is 144 Å². The maximum Gasteiger partial charge on any atom is 0.248 e. The summed E-state index contributed by atoms with van der Waals surface area (Å²) in [6.45, 7) is 1.80. The summed E-state index contributed by atoms with van der Waals surface area (Å²) < 4.78 is 0. The van der Waals surface area contributed by atoms with E-state index in [1.165, 1.54) is 24.8 Å². The molecule has 2 fully saturated rings. The number of piperidine rings is 1. The Balaban J connectivity index is 1.48. The predicted octanol–water partition coefficient (Wildman–Crippen LogP) is 3.15. The van der Waals surface area contributed by atoms with Crippen LogP contribution in [-0.2, 0) is 11.2 Å². The van der Waals surface area contributed by atoms with E-state index in [-0.39, 0.29) is 11.8 Å². The van der Waals surface area contributed by atoms with E-state index in [0.717, 1.165) is 45.2 Å². The third kappa shape index (κ3) is 4.16. The van der Waals surface area contributed by atoms with Gasteiger partial charge < -0.3 is 10.6 Å². The summed E-state index contributed by atoms with van der Waals surface area (Å²) in [5.41, 5.74) is 7.09. The SMILES string of the molecule is NC(=O)c1ccc(CC2CCN(C(=O)C3CCCCC3)CC2)cc1. The smallest absolute Gasteiger partial charge is 0.248 e. The number of amides is 2. The minimum atomic E-state index is -0.379. The van der Waals surface area contributed by atoms with E-state index in [0.29, 0.717) is 17.4 Å². The monoisotopic (exact) mass is 328 g/mol. The minimum Gasteiger partial charge on any atom is -0.366 e. The van der Waals surface area contributed by atoms with Gasteiger partial charge in [0.2, 0.25) is 11.8 Å². The zero-order valence-corrected chi connectivity index (χ0v) is 14.4. The molecular weight excluding hydrogens is 300 g/mol. The van der Waals surface area contributed by atoms with E-state index in [1.54, 1.807) is 12.1 Å². The van der Waals surface area contributed by atoms with Crippen LogP contribution < -0.4 is 5.73 Å². The van der Waals surface area contributed by atoms with Gasteiger partial charge in [0, 0.05) is 24.6 Å². The van der Waals surface area contributed by atoms with Gasteiger partial charge in [0.1, 0.15) is 0 Å². The Morgan fingerprint density at radius 2 is 1.58 bits per heavy atom. The first-order valence-electron chi connectivity index (χ1n) is 9.31. The lowest BCUT2D eigenvalue weighted by Crippen LogP contribution is -2.42. The van der Waals surface area contributed by atoms with Crippen LogP contribution in [0, 0.1) is 11.8 Å². The molecule has 1 aliphatic carbocycles. The van der Waals surface area contributed by atoms with E-state index in [9.17, 15) is 9.59 Å².